The second kappa shape index (κ2) is 7.24. The van der Waals surface area contributed by atoms with E-state index >= 15 is 0 Å². The summed E-state index contributed by atoms with van der Waals surface area (Å²) in [4.78, 5) is 23.1. The van der Waals surface area contributed by atoms with Crippen LogP contribution in [-0.4, -0.2) is 32.8 Å². The van der Waals surface area contributed by atoms with Crippen molar-refractivity contribution >= 4 is 11.9 Å². The molecule has 21 heavy (non-hydrogen) atoms. The lowest BCUT2D eigenvalue weighted by molar-refractivity contribution is -0.136. The Balaban J connectivity index is 2.90. The van der Waals surface area contributed by atoms with E-state index in [0.717, 1.165) is 18.5 Å². The average Bonchev–Trinajstić information content (AvgIpc) is 2.65. The third-order valence-electron chi connectivity index (χ3n) is 3.66. The molecule has 2 N–H and O–H groups in total. The maximum atomic E-state index is 12.2. The second-order valence-corrected chi connectivity index (χ2v) is 5.54. The standard InChI is InChI=1S/C15H25N3O3/c1-6-7-9(2)16-15(21)12(5)18-11(4)13(8-14(19)20)10(3)17-18/h9,12H,6-8H2,1-5H3,(H,16,21)(H,19,20). The molecule has 0 saturated heterocycles. The van der Waals surface area contributed by atoms with Gasteiger partial charge in [-0.2, -0.15) is 5.10 Å². The summed E-state index contributed by atoms with van der Waals surface area (Å²) >= 11 is 0. The number of hydrogen-bond acceptors (Lipinski definition) is 3. The van der Waals surface area contributed by atoms with Gasteiger partial charge < -0.3 is 10.4 Å². The highest BCUT2D eigenvalue weighted by Gasteiger charge is 2.22. The molecule has 1 aromatic rings. The predicted molar refractivity (Wildman–Crippen MR) is 80.3 cm³/mol. The molecule has 2 unspecified atom stereocenters. The molecule has 0 saturated carbocycles. The largest absolute Gasteiger partial charge is 0.481 e. The zero-order chi connectivity index (χ0) is 16.2. The van der Waals surface area contributed by atoms with Gasteiger partial charge in [0.25, 0.3) is 0 Å². The lowest BCUT2D eigenvalue weighted by Crippen LogP contribution is -2.37. The smallest absolute Gasteiger partial charge is 0.307 e. The predicted octanol–water partition coefficient (Wildman–Crippen LogP) is 1.99. The Hall–Kier alpha value is -1.85. The van der Waals surface area contributed by atoms with E-state index in [1.165, 1.54) is 0 Å². The summed E-state index contributed by atoms with van der Waals surface area (Å²) in [5.41, 5.74) is 2.08. The molecule has 1 rings (SSSR count). The molecule has 1 heterocycles. The van der Waals surface area contributed by atoms with Crippen molar-refractivity contribution in [3.8, 4) is 0 Å². The Morgan fingerprint density at radius 2 is 1.95 bits per heavy atom. The molecular weight excluding hydrogens is 270 g/mol. The molecule has 0 radical (unpaired) electrons. The number of nitrogens with one attached hydrogen (secondary N) is 1. The normalized spacial score (nSPS) is 13.8. The van der Waals surface area contributed by atoms with E-state index in [2.05, 4.69) is 17.3 Å². The van der Waals surface area contributed by atoms with Crippen LogP contribution >= 0.6 is 0 Å². The fraction of sp³-hybridized carbons (Fsp3) is 0.667. The van der Waals surface area contributed by atoms with Gasteiger partial charge >= 0.3 is 5.97 Å². The molecule has 0 aliphatic carbocycles. The van der Waals surface area contributed by atoms with Crippen molar-refractivity contribution in [3.05, 3.63) is 17.0 Å². The number of aromatic nitrogens is 2. The van der Waals surface area contributed by atoms with E-state index in [0.29, 0.717) is 11.3 Å². The maximum Gasteiger partial charge on any atom is 0.307 e. The lowest BCUT2D eigenvalue weighted by Gasteiger charge is -2.18. The molecule has 1 amide bonds. The Morgan fingerprint density at radius 3 is 2.48 bits per heavy atom. The molecule has 2 atom stereocenters. The molecule has 6 nitrogen and oxygen atoms in total. The number of rotatable bonds is 7. The van der Waals surface area contributed by atoms with Crippen LogP contribution in [-0.2, 0) is 16.0 Å². The highest BCUT2D eigenvalue weighted by Crippen LogP contribution is 2.18. The van der Waals surface area contributed by atoms with Gasteiger partial charge in [-0.1, -0.05) is 13.3 Å². The van der Waals surface area contributed by atoms with Crippen LogP contribution in [0.25, 0.3) is 0 Å². The summed E-state index contributed by atoms with van der Waals surface area (Å²) in [5.74, 6) is -0.988. The Morgan fingerprint density at radius 1 is 1.33 bits per heavy atom. The highest BCUT2D eigenvalue weighted by molar-refractivity contribution is 5.80. The number of carboxylic acids is 1. The van der Waals surface area contributed by atoms with Crippen molar-refractivity contribution in [2.24, 2.45) is 0 Å². The minimum atomic E-state index is -0.894. The van der Waals surface area contributed by atoms with Crippen molar-refractivity contribution in [1.29, 1.82) is 0 Å². The number of carbonyl (C=O) groups excluding carboxylic acids is 1. The second-order valence-electron chi connectivity index (χ2n) is 5.54. The summed E-state index contributed by atoms with van der Waals surface area (Å²) < 4.78 is 1.61. The first-order valence-electron chi connectivity index (χ1n) is 7.34. The molecule has 0 aliphatic rings. The maximum absolute atomic E-state index is 12.2. The molecule has 0 fully saturated rings. The summed E-state index contributed by atoms with van der Waals surface area (Å²) in [6.07, 6.45) is 1.87. The van der Waals surface area contributed by atoms with Crippen LogP contribution in [0.1, 0.15) is 56.6 Å². The minimum Gasteiger partial charge on any atom is -0.481 e. The number of amides is 1. The van der Waals surface area contributed by atoms with Crippen LogP contribution in [0.3, 0.4) is 0 Å². The van der Waals surface area contributed by atoms with Gasteiger partial charge in [0.15, 0.2) is 0 Å². The van der Waals surface area contributed by atoms with E-state index in [4.69, 9.17) is 5.11 Å². The summed E-state index contributed by atoms with van der Waals surface area (Å²) in [7, 11) is 0. The number of carboxylic acid groups (broad SMARTS) is 1. The van der Waals surface area contributed by atoms with Gasteiger partial charge in [0, 0.05) is 17.3 Å². The summed E-state index contributed by atoms with van der Waals surface area (Å²) in [5, 5.41) is 16.2. The van der Waals surface area contributed by atoms with Gasteiger partial charge in [0.2, 0.25) is 5.91 Å². The number of hydrogen-bond donors (Lipinski definition) is 2. The fourth-order valence-electron chi connectivity index (χ4n) is 2.46. The Kier molecular flexibility index (Phi) is 5.93. The number of aryl methyl sites for hydroxylation is 1. The Labute approximate surface area is 125 Å². The number of nitrogens with zero attached hydrogens (tertiary/aromatic N) is 2. The number of aliphatic carboxylic acids is 1. The minimum absolute atomic E-state index is 0.0712. The van der Waals surface area contributed by atoms with Crippen LogP contribution in [0.15, 0.2) is 0 Å². The van der Waals surface area contributed by atoms with E-state index in [-0.39, 0.29) is 18.4 Å². The van der Waals surface area contributed by atoms with E-state index in [1.807, 2.05) is 6.92 Å². The van der Waals surface area contributed by atoms with Gasteiger partial charge in [0.05, 0.1) is 12.1 Å². The monoisotopic (exact) mass is 295 g/mol. The molecular formula is C15H25N3O3. The molecule has 0 spiro atoms. The highest BCUT2D eigenvalue weighted by atomic mass is 16.4. The van der Waals surface area contributed by atoms with Gasteiger partial charge in [0.1, 0.15) is 6.04 Å². The quantitative estimate of drug-likeness (QED) is 0.805. The lowest BCUT2D eigenvalue weighted by atomic mass is 10.1. The molecule has 6 heteroatoms. The zero-order valence-electron chi connectivity index (χ0n) is 13.4. The average molecular weight is 295 g/mol. The molecule has 0 aromatic carbocycles. The van der Waals surface area contributed by atoms with Crippen LogP contribution in [0.2, 0.25) is 0 Å². The third-order valence-corrected chi connectivity index (χ3v) is 3.66. The number of carbonyl (C=O) groups is 2. The van der Waals surface area contributed by atoms with E-state index in [1.54, 1.807) is 25.5 Å². The van der Waals surface area contributed by atoms with Crippen molar-refractivity contribution < 1.29 is 14.7 Å². The SMILES string of the molecule is CCCC(C)NC(=O)C(C)n1nc(C)c(CC(=O)O)c1C. The first-order valence-corrected chi connectivity index (χ1v) is 7.34. The van der Waals surface area contributed by atoms with Crippen molar-refractivity contribution in [2.45, 2.75) is 66.0 Å². The Bertz CT molecular complexity index is 522. The van der Waals surface area contributed by atoms with Crippen LogP contribution in [0.4, 0.5) is 0 Å². The molecule has 118 valence electrons. The van der Waals surface area contributed by atoms with Crippen molar-refractivity contribution in [3.63, 3.8) is 0 Å². The third kappa shape index (κ3) is 4.31. The van der Waals surface area contributed by atoms with E-state index in [9.17, 15) is 9.59 Å². The first kappa shape index (κ1) is 17.2. The van der Waals surface area contributed by atoms with Crippen LogP contribution in [0.5, 0.6) is 0 Å². The first-order chi connectivity index (χ1) is 9.77. The zero-order valence-corrected chi connectivity index (χ0v) is 13.4. The topological polar surface area (TPSA) is 84.2 Å². The van der Waals surface area contributed by atoms with Gasteiger partial charge in [-0.05, 0) is 34.1 Å². The molecule has 0 bridgehead atoms. The van der Waals surface area contributed by atoms with Gasteiger partial charge in [-0.25, -0.2) is 0 Å². The summed E-state index contributed by atoms with van der Waals surface area (Å²) in [6.45, 7) is 9.40. The molecule has 1 aromatic heterocycles. The fourth-order valence-corrected chi connectivity index (χ4v) is 2.46. The summed E-state index contributed by atoms with van der Waals surface area (Å²) in [6, 6.07) is -0.328. The van der Waals surface area contributed by atoms with Crippen LogP contribution < -0.4 is 5.32 Å². The van der Waals surface area contributed by atoms with Gasteiger partial charge in [-0.3, -0.25) is 14.3 Å². The van der Waals surface area contributed by atoms with Crippen LogP contribution in [0, 0.1) is 13.8 Å². The van der Waals surface area contributed by atoms with E-state index < -0.39 is 12.0 Å². The van der Waals surface area contributed by atoms with Crippen molar-refractivity contribution in [1.82, 2.24) is 15.1 Å². The molecule has 0 aliphatic heterocycles. The van der Waals surface area contributed by atoms with Gasteiger partial charge in [-0.15, -0.1) is 0 Å². The van der Waals surface area contributed by atoms with Crippen molar-refractivity contribution in [2.75, 3.05) is 0 Å².